The second kappa shape index (κ2) is 7.33. The van der Waals surface area contributed by atoms with Crippen LogP contribution < -0.4 is 4.74 Å². The van der Waals surface area contributed by atoms with Crippen molar-refractivity contribution in [1.82, 2.24) is 0 Å². The molecule has 108 valence electrons. The van der Waals surface area contributed by atoms with Crippen LogP contribution in [0.2, 0.25) is 0 Å². The molecule has 0 aromatic heterocycles. The molecule has 0 spiro atoms. The van der Waals surface area contributed by atoms with E-state index in [0.29, 0.717) is 11.3 Å². The van der Waals surface area contributed by atoms with E-state index in [1.807, 2.05) is 18.4 Å². The highest BCUT2D eigenvalue weighted by Gasteiger charge is 2.17. The molecule has 0 atom stereocenters. The van der Waals surface area contributed by atoms with Crippen LogP contribution in [-0.4, -0.2) is 24.3 Å². The summed E-state index contributed by atoms with van der Waals surface area (Å²) in [6.07, 6.45) is 1.96. The van der Waals surface area contributed by atoms with Crippen LogP contribution in [-0.2, 0) is 4.79 Å². The van der Waals surface area contributed by atoms with Crippen molar-refractivity contribution < 1.29 is 14.3 Å². The lowest BCUT2D eigenvalue weighted by molar-refractivity contribution is -0.107. The molecule has 21 heavy (non-hydrogen) atoms. The summed E-state index contributed by atoms with van der Waals surface area (Å²) in [6.45, 7) is 0. The van der Waals surface area contributed by atoms with Gasteiger partial charge in [0.25, 0.3) is 5.12 Å². The van der Waals surface area contributed by atoms with E-state index in [-0.39, 0.29) is 0 Å². The first-order chi connectivity index (χ1) is 10.1. The zero-order valence-corrected chi connectivity index (χ0v) is 13.3. The summed E-state index contributed by atoms with van der Waals surface area (Å²) in [6, 6.07) is 14.1. The largest absolute Gasteiger partial charge is 0.497 e. The molecule has 2 aromatic rings. The molecule has 0 aliphatic rings. The van der Waals surface area contributed by atoms with E-state index in [1.54, 1.807) is 55.3 Å². The molecule has 2 rings (SSSR count). The quantitative estimate of drug-likeness (QED) is 0.475. The normalized spacial score (nSPS) is 10.2. The number of thioether (sulfide) groups is 2. The Kier molecular flexibility index (Phi) is 5.47. The molecule has 5 heteroatoms. The highest BCUT2D eigenvalue weighted by molar-refractivity contribution is 8.15. The monoisotopic (exact) mass is 318 g/mol. The molecule has 0 saturated carbocycles. The van der Waals surface area contributed by atoms with E-state index in [2.05, 4.69) is 0 Å². The van der Waals surface area contributed by atoms with E-state index >= 15 is 0 Å². The van der Waals surface area contributed by atoms with Gasteiger partial charge in [0.2, 0.25) is 5.78 Å². The van der Waals surface area contributed by atoms with Gasteiger partial charge in [0, 0.05) is 15.4 Å². The summed E-state index contributed by atoms with van der Waals surface area (Å²) in [4.78, 5) is 25.8. The Morgan fingerprint density at radius 1 is 0.905 bits per heavy atom. The Morgan fingerprint density at radius 2 is 1.48 bits per heavy atom. The van der Waals surface area contributed by atoms with Crippen molar-refractivity contribution in [2.45, 2.75) is 9.79 Å². The van der Waals surface area contributed by atoms with E-state index in [0.717, 1.165) is 21.6 Å². The predicted molar refractivity (Wildman–Crippen MR) is 86.4 cm³/mol. The third kappa shape index (κ3) is 4.12. The fourth-order valence-corrected chi connectivity index (χ4v) is 2.76. The van der Waals surface area contributed by atoms with Gasteiger partial charge in [-0.1, -0.05) is 0 Å². The van der Waals surface area contributed by atoms with Crippen LogP contribution in [0.3, 0.4) is 0 Å². The van der Waals surface area contributed by atoms with Crippen LogP contribution in [0.5, 0.6) is 5.75 Å². The number of methoxy groups -OCH3 is 1. The van der Waals surface area contributed by atoms with Crippen LogP contribution in [0.15, 0.2) is 58.3 Å². The molecule has 0 radical (unpaired) electrons. The maximum absolute atomic E-state index is 12.1. The van der Waals surface area contributed by atoms with E-state index < -0.39 is 10.9 Å². The Labute approximate surface area is 132 Å². The molecule has 0 amide bonds. The number of ketones is 1. The first-order valence-corrected chi connectivity index (χ1v) is 8.23. The van der Waals surface area contributed by atoms with Crippen LogP contribution in [0.25, 0.3) is 0 Å². The molecular formula is C16H14O3S2. The second-order valence-electron chi connectivity index (χ2n) is 4.12. The van der Waals surface area contributed by atoms with Gasteiger partial charge in [0.1, 0.15) is 5.75 Å². The standard InChI is InChI=1S/C16H14O3S2/c1-19-12-5-9-14(10-6-12)21-16(18)15(17)11-3-7-13(20-2)8-4-11/h3-10H,1-2H3. The Hall–Kier alpha value is -1.72. The smallest absolute Gasteiger partial charge is 0.264 e. The average molecular weight is 318 g/mol. The van der Waals surface area contributed by atoms with Gasteiger partial charge in [0.05, 0.1) is 7.11 Å². The fraction of sp³-hybridized carbons (Fsp3) is 0.125. The number of carbonyl (C=O) groups is 2. The number of hydrogen-bond donors (Lipinski definition) is 0. The zero-order valence-electron chi connectivity index (χ0n) is 11.7. The van der Waals surface area contributed by atoms with Gasteiger partial charge in [-0.3, -0.25) is 9.59 Å². The van der Waals surface area contributed by atoms with Crippen molar-refractivity contribution in [3.63, 3.8) is 0 Å². The number of carbonyl (C=O) groups excluding carboxylic acids is 2. The number of benzene rings is 2. The number of ether oxygens (including phenoxy) is 1. The Morgan fingerprint density at radius 3 is 2.00 bits per heavy atom. The molecule has 0 bridgehead atoms. The first-order valence-electron chi connectivity index (χ1n) is 6.18. The van der Waals surface area contributed by atoms with Gasteiger partial charge in [-0.25, -0.2) is 0 Å². The maximum atomic E-state index is 12.1. The summed E-state index contributed by atoms with van der Waals surface area (Å²) < 4.78 is 5.05. The van der Waals surface area contributed by atoms with E-state index in [1.165, 1.54) is 0 Å². The van der Waals surface area contributed by atoms with Crippen LogP contribution >= 0.6 is 23.5 Å². The summed E-state index contributed by atoms with van der Waals surface area (Å²) in [7, 11) is 1.58. The lowest BCUT2D eigenvalue weighted by atomic mass is 10.1. The Bertz CT molecular complexity index is 634. The molecular weight excluding hydrogens is 304 g/mol. The van der Waals surface area contributed by atoms with Gasteiger partial charge in [-0.05, 0) is 66.5 Å². The molecule has 0 unspecified atom stereocenters. The van der Waals surface area contributed by atoms with Crippen molar-refractivity contribution in [1.29, 1.82) is 0 Å². The molecule has 0 aliphatic carbocycles. The third-order valence-corrected chi connectivity index (χ3v) is 4.43. The van der Waals surface area contributed by atoms with Gasteiger partial charge in [-0.2, -0.15) is 0 Å². The summed E-state index contributed by atoms with van der Waals surface area (Å²) in [5.74, 6) is 0.231. The minimum absolute atomic E-state index is 0.416. The van der Waals surface area contributed by atoms with Gasteiger partial charge < -0.3 is 4.74 Å². The minimum Gasteiger partial charge on any atom is -0.497 e. The zero-order chi connectivity index (χ0) is 15.2. The third-order valence-electron chi connectivity index (χ3n) is 2.81. The first kappa shape index (κ1) is 15.7. The lowest BCUT2D eigenvalue weighted by Gasteiger charge is -2.03. The van der Waals surface area contributed by atoms with Crippen LogP contribution in [0.1, 0.15) is 10.4 Å². The van der Waals surface area contributed by atoms with Crippen molar-refractivity contribution >= 4 is 34.4 Å². The molecule has 0 fully saturated rings. The Balaban J connectivity index is 2.05. The number of hydrogen-bond acceptors (Lipinski definition) is 5. The molecule has 0 aliphatic heterocycles. The average Bonchev–Trinajstić information content (AvgIpc) is 2.55. The summed E-state index contributed by atoms with van der Waals surface area (Å²) in [5, 5.41) is -0.489. The molecule has 0 saturated heterocycles. The highest BCUT2D eigenvalue weighted by Crippen LogP contribution is 2.24. The highest BCUT2D eigenvalue weighted by atomic mass is 32.2. The summed E-state index contributed by atoms with van der Waals surface area (Å²) in [5.41, 5.74) is 0.416. The van der Waals surface area contributed by atoms with Crippen molar-refractivity contribution in [3.8, 4) is 5.75 Å². The molecule has 0 heterocycles. The van der Waals surface area contributed by atoms with Gasteiger partial charge in [-0.15, -0.1) is 11.8 Å². The maximum Gasteiger partial charge on any atom is 0.264 e. The predicted octanol–water partition coefficient (Wildman–Crippen LogP) is 3.92. The van der Waals surface area contributed by atoms with Crippen LogP contribution in [0.4, 0.5) is 0 Å². The van der Waals surface area contributed by atoms with Gasteiger partial charge in [0.15, 0.2) is 0 Å². The molecule has 3 nitrogen and oxygen atoms in total. The van der Waals surface area contributed by atoms with E-state index in [9.17, 15) is 9.59 Å². The topological polar surface area (TPSA) is 43.4 Å². The van der Waals surface area contributed by atoms with Crippen molar-refractivity contribution in [2.24, 2.45) is 0 Å². The molecule has 0 N–H and O–H groups in total. The summed E-state index contributed by atoms with van der Waals surface area (Å²) >= 11 is 2.52. The second-order valence-corrected chi connectivity index (χ2v) is 6.05. The lowest BCUT2D eigenvalue weighted by Crippen LogP contribution is -2.09. The van der Waals surface area contributed by atoms with Crippen molar-refractivity contribution in [2.75, 3.05) is 13.4 Å². The number of Topliss-reactive ketones (excluding diaryl/α,β-unsaturated/α-hetero) is 1. The van der Waals surface area contributed by atoms with E-state index in [4.69, 9.17) is 4.74 Å². The van der Waals surface area contributed by atoms with Gasteiger partial charge >= 0.3 is 0 Å². The van der Waals surface area contributed by atoms with Crippen molar-refractivity contribution in [3.05, 3.63) is 54.1 Å². The molecule has 2 aromatic carbocycles. The fourth-order valence-electron chi connectivity index (χ4n) is 1.66. The SMILES string of the molecule is COc1ccc(SC(=O)C(=O)c2ccc(SC)cc2)cc1. The van der Waals surface area contributed by atoms with Crippen LogP contribution in [0, 0.1) is 0 Å². The minimum atomic E-state index is -0.489. The number of rotatable bonds is 5.